The van der Waals surface area contributed by atoms with E-state index in [0.29, 0.717) is 13.0 Å². The number of hydrogen-bond acceptors (Lipinski definition) is 5. The van der Waals surface area contributed by atoms with Crippen LogP contribution in [0.1, 0.15) is 6.42 Å². The summed E-state index contributed by atoms with van der Waals surface area (Å²) in [6.45, 7) is 0.506. The fourth-order valence-corrected chi connectivity index (χ4v) is 0.987. The van der Waals surface area contributed by atoms with E-state index in [1.54, 1.807) is 7.05 Å². The van der Waals surface area contributed by atoms with E-state index in [1.165, 1.54) is 15.9 Å². The monoisotopic (exact) mass is 208 g/mol. The molecule has 1 aromatic heterocycles. The van der Waals surface area contributed by atoms with Gasteiger partial charge in [-0.1, -0.05) is 0 Å². The van der Waals surface area contributed by atoms with Gasteiger partial charge in [-0.2, -0.15) is 5.26 Å². The van der Waals surface area contributed by atoms with Crippen molar-refractivity contribution in [2.45, 2.75) is 13.0 Å². The van der Waals surface area contributed by atoms with Crippen molar-refractivity contribution >= 4 is 11.9 Å². The molecule has 0 aliphatic heterocycles. The number of nitrogen functional groups attached to an aromatic ring is 1. The molecule has 0 unspecified atom stereocenters. The minimum Gasteiger partial charge on any atom is -0.367 e. The molecule has 2 N–H and O–H groups in total. The number of nitrogens with zero attached hydrogens (tertiary/aromatic N) is 5. The van der Waals surface area contributed by atoms with Crippen LogP contribution in [-0.4, -0.2) is 39.2 Å². The van der Waals surface area contributed by atoms with Crippen molar-refractivity contribution < 1.29 is 4.79 Å². The van der Waals surface area contributed by atoms with Crippen LogP contribution in [0.25, 0.3) is 0 Å². The number of likely N-dealkylation sites (N-methyl/N-ethyl adjacent to an activating group) is 1. The molecule has 0 aliphatic carbocycles. The highest BCUT2D eigenvalue weighted by molar-refractivity contribution is 5.75. The molecule has 0 aliphatic rings. The molecule has 0 radical (unpaired) electrons. The Hall–Kier alpha value is -2.10. The van der Waals surface area contributed by atoms with Crippen molar-refractivity contribution in [3.05, 3.63) is 6.33 Å². The zero-order chi connectivity index (χ0) is 11.3. The third-order valence-corrected chi connectivity index (χ3v) is 1.84. The largest absolute Gasteiger partial charge is 0.367 e. The van der Waals surface area contributed by atoms with Gasteiger partial charge in [-0.3, -0.25) is 4.79 Å². The van der Waals surface area contributed by atoms with Gasteiger partial charge in [-0.25, -0.2) is 9.67 Å². The minimum atomic E-state index is -0.129. The van der Waals surface area contributed by atoms with Gasteiger partial charge in [0.25, 0.3) is 0 Å². The van der Waals surface area contributed by atoms with E-state index >= 15 is 0 Å². The van der Waals surface area contributed by atoms with Gasteiger partial charge < -0.3 is 10.6 Å². The van der Waals surface area contributed by atoms with Crippen LogP contribution in [-0.2, 0) is 11.3 Å². The quantitative estimate of drug-likeness (QED) is 0.700. The summed E-state index contributed by atoms with van der Waals surface area (Å²) in [5.41, 5.74) is 5.30. The maximum Gasteiger partial charge on any atom is 0.244 e. The molecule has 1 heterocycles. The van der Waals surface area contributed by atoms with Gasteiger partial charge in [0.15, 0.2) is 0 Å². The van der Waals surface area contributed by atoms with Crippen molar-refractivity contribution in [2.24, 2.45) is 0 Å². The zero-order valence-electron chi connectivity index (χ0n) is 8.42. The van der Waals surface area contributed by atoms with E-state index in [-0.39, 0.29) is 18.4 Å². The highest BCUT2D eigenvalue weighted by Gasteiger charge is 2.09. The molecule has 1 amide bonds. The molecule has 1 aromatic rings. The summed E-state index contributed by atoms with van der Waals surface area (Å²) >= 11 is 0. The molecular weight excluding hydrogens is 196 g/mol. The fourth-order valence-electron chi connectivity index (χ4n) is 0.987. The summed E-state index contributed by atoms with van der Waals surface area (Å²) < 4.78 is 1.36. The molecule has 0 atom stereocenters. The van der Waals surface area contributed by atoms with Crippen LogP contribution < -0.4 is 5.73 Å². The SMILES string of the molecule is CN(CCC#N)C(=O)Cn1cnc(N)n1. The number of hydrogen-bond donors (Lipinski definition) is 1. The molecule has 0 aromatic carbocycles. The molecular formula is C8H12N6O. The number of carbonyl (C=O) groups is 1. The van der Waals surface area contributed by atoms with Gasteiger partial charge in [0.2, 0.25) is 11.9 Å². The maximum atomic E-state index is 11.5. The van der Waals surface area contributed by atoms with Gasteiger partial charge in [-0.05, 0) is 0 Å². The van der Waals surface area contributed by atoms with Gasteiger partial charge in [0, 0.05) is 13.6 Å². The van der Waals surface area contributed by atoms with E-state index in [2.05, 4.69) is 10.1 Å². The van der Waals surface area contributed by atoms with Crippen LogP contribution in [0.5, 0.6) is 0 Å². The van der Waals surface area contributed by atoms with Gasteiger partial charge in [0.05, 0.1) is 12.5 Å². The molecule has 7 nitrogen and oxygen atoms in total. The molecule has 0 saturated carbocycles. The predicted molar refractivity (Wildman–Crippen MR) is 52.3 cm³/mol. The smallest absolute Gasteiger partial charge is 0.244 e. The Morgan fingerprint density at radius 3 is 3.07 bits per heavy atom. The van der Waals surface area contributed by atoms with E-state index in [4.69, 9.17) is 11.0 Å². The Bertz CT molecular complexity index is 379. The summed E-state index contributed by atoms with van der Waals surface area (Å²) in [7, 11) is 1.64. The van der Waals surface area contributed by atoms with Crippen LogP contribution >= 0.6 is 0 Å². The number of anilines is 1. The normalized spacial score (nSPS) is 9.60. The second-order valence-electron chi connectivity index (χ2n) is 3.02. The molecule has 1 rings (SSSR count). The third-order valence-electron chi connectivity index (χ3n) is 1.84. The molecule has 0 fully saturated rings. The average molecular weight is 208 g/mol. The van der Waals surface area contributed by atoms with E-state index in [9.17, 15) is 4.79 Å². The second-order valence-corrected chi connectivity index (χ2v) is 3.02. The minimum absolute atomic E-state index is 0.0894. The Labute approximate surface area is 87.1 Å². The maximum absolute atomic E-state index is 11.5. The Kier molecular flexibility index (Phi) is 3.62. The topological polar surface area (TPSA) is 101 Å². The highest BCUT2D eigenvalue weighted by atomic mass is 16.2. The van der Waals surface area contributed by atoms with Crippen molar-refractivity contribution in [1.29, 1.82) is 5.26 Å². The van der Waals surface area contributed by atoms with E-state index in [0.717, 1.165) is 0 Å². The summed E-state index contributed by atoms with van der Waals surface area (Å²) in [6, 6.07) is 1.97. The van der Waals surface area contributed by atoms with Crippen LogP contribution in [0, 0.1) is 11.3 Å². The first-order valence-electron chi connectivity index (χ1n) is 4.39. The number of nitriles is 1. The predicted octanol–water partition coefficient (Wildman–Crippen LogP) is -0.768. The lowest BCUT2D eigenvalue weighted by molar-refractivity contribution is -0.130. The van der Waals surface area contributed by atoms with Gasteiger partial charge >= 0.3 is 0 Å². The number of aromatic nitrogens is 3. The Morgan fingerprint density at radius 2 is 2.53 bits per heavy atom. The number of rotatable bonds is 4. The zero-order valence-corrected chi connectivity index (χ0v) is 8.42. The second kappa shape index (κ2) is 4.95. The Balaban J connectivity index is 2.45. The number of nitrogens with two attached hydrogens (primary N) is 1. The van der Waals surface area contributed by atoms with Gasteiger partial charge in [-0.15, -0.1) is 5.10 Å². The lowest BCUT2D eigenvalue weighted by atomic mass is 10.4. The molecule has 0 saturated heterocycles. The highest BCUT2D eigenvalue weighted by Crippen LogP contribution is 1.94. The molecule has 0 bridgehead atoms. The van der Waals surface area contributed by atoms with Crippen LogP contribution in [0.2, 0.25) is 0 Å². The molecule has 7 heteroatoms. The summed E-state index contributed by atoms with van der Waals surface area (Å²) in [6.07, 6.45) is 1.72. The van der Waals surface area contributed by atoms with Crippen LogP contribution in [0.4, 0.5) is 5.95 Å². The first kappa shape index (κ1) is 11.0. The van der Waals surface area contributed by atoms with Crippen molar-refractivity contribution in [1.82, 2.24) is 19.7 Å². The summed E-state index contributed by atoms with van der Waals surface area (Å²) in [5.74, 6) is 0.0117. The van der Waals surface area contributed by atoms with Crippen LogP contribution in [0.3, 0.4) is 0 Å². The first-order valence-corrected chi connectivity index (χ1v) is 4.39. The van der Waals surface area contributed by atoms with E-state index in [1.807, 2.05) is 6.07 Å². The van der Waals surface area contributed by atoms with Crippen LogP contribution in [0.15, 0.2) is 6.33 Å². The first-order chi connectivity index (χ1) is 7.13. The number of amides is 1. The average Bonchev–Trinajstić information content (AvgIpc) is 2.60. The van der Waals surface area contributed by atoms with Gasteiger partial charge in [0.1, 0.15) is 12.9 Å². The fraction of sp³-hybridized carbons (Fsp3) is 0.500. The lowest BCUT2D eigenvalue weighted by Crippen LogP contribution is -2.31. The Morgan fingerprint density at radius 1 is 1.80 bits per heavy atom. The molecule has 80 valence electrons. The lowest BCUT2D eigenvalue weighted by Gasteiger charge is -2.14. The number of carbonyl (C=O) groups excluding carboxylic acids is 1. The summed E-state index contributed by atoms with van der Waals surface area (Å²) in [4.78, 5) is 16.7. The van der Waals surface area contributed by atoms with Crippen molar-refractivity contribution in [2.75, 3.05) is 19.3 Å². The summed E-state index contributed by atoms with van der Waals surface area (Å²) in [5, 5.41) is 12.1. The van der Waals surface area contributed by atoms with Crippen molar-refractivity contribution in [3.8, 4) is 6.07 Å². The molecule has 0 spiro atoms. The third kappa shape index (κ3) is 3.27. The van der Waals surface area contributed by atoms with Crippen molar-refractivity contribution in [3.63, 3.8) is 0 Å². The molecule has 15 heavy (non-hydrogen) atoms. The van der Waals surface area contributed by atoms with E-state index < -0.39 is 0 Å². The standard InChI is InChI=1S/C8H12N6O/c1-13(4-2-3-9)7(15)5-14-6-11-8(10)12-14/h6H,2,4-5H2,1H3,(H2,10,12).